The van der Waals surface area contributed by atoms with Crippen molar-refractivity contribution in [1.29, 1.82) is 0 Å². The Balaban J connectivity index is 1.58. The van der Waals surface area contributed by atoms with Crippen LogP contribution in [0.25, 0.3) is 17.4 Å². The highest BCUT2D eigenvalue weighted by Gasteiger charge is 2.35. The molecule has 30 heavy (non-hydrogen) atoms. The number of furan rings is 1. The van der Waals surface area contributed by atoms with Crippen LogP contribution in [0.4, 0.5) is 4.79 Å². The highest BCUT2D eigenvalue weighted by Crippen LogP contribution is 2.35. The molecule has 0 aliphatic carbocycles. The van der Waals surface area contributed by atoms with Crippen LogP contribution in [0, 0.1) is 6.92 Å². The van der Waals surface area contributed by atoms with E-state index in [-0.39, 0.29) is 28.2 Å². The molecule has 2 heterocycles. The number of aryl methyl sites for hydroxylation is 1. The highest BCUT2D eigenvalue weighted by molar-refractivity contribution is 8.18. The zero-order valence-corrected chi connectivity index (χ0v) is 16.8. The minimum absolute atomic E-state index is 0.122. The van der Waals surface area contributed by atoms with Crippen molar-refractivity contribution in [3.63, 3.8) is 0 Å². The van der Waals surface area contributed by atoms with E-state index in [1.807, 2.05) is 31.2 Å². The second-order valence-electron chi connectivity index (χ2n) is 6.75. The monoisotopic (exact) mass is 419 g/mol. The SMILES string of the molecule is Cc1ccccc1CN1C(=O)S/C(=C\c2ccc(-c3ccccc3C(=O)O)o2)C1=O. The Bertz CT molecular complexity index is 1190. The lowest BCUT2D eigenvalue weighted by Crippen LogP contribution is -2.27. The van der Waals surface area contributed by atoms with Crippen molar-refractivity contribution in [2.24, 2.45) is 0 Å². The van der Waals surface area contributed by atoms with Crippen LogP contribution in [0.5, 0.6) is 0 Å². The van der Waals surface area contributed by atoms with Crippen LogP contribution >= 0.6 is 11.8 Å². The zero-order valence-electron chi connectivity index (χ0n) is 16.0. The number of nitrogens with zero attached hydrogens (tertiary/aromatic N) is 1. The predicted octanol–water partition coefficient (Wildman–Crippen LogP) is 5.19. The van der Waals surface area contributed by atoms with E-state index in [1.54, 1.807) is 30.3 Å². The van der Waals surface area contributed by atoms with E-state index in [0.717, 1.165) is 22.9 Å². The number of carbonyl (C=O) groups is 3. The van der Waals surface area contributed by atoms with Crippen molar-refractivity contribution in [2.75, 3.05) is 0 Å². The predicted molar refractivity (Wildman–Crippen MR) is 114 cm³/mol. The minimum atomic E-state index is -1.05. The van der Waals surface area contributed by atoms with Gasteiger partial charge in [-0.15, -0.1) is 0 Å². The molecule has 3 aromatic rings. The lowest BCUT2D eigenvalue weighted by Gasteiger charge is -2.14. The fourth-order valence-corrected chi connectivity index (χ4v) is 4.00. The molecule has 0 unspecified atom stereocenters. The average molecular weight is 419 g/mol. The van der Waals surface area contributed by atoms with Crippen LogP contribution in [0.1, 0.15) is 27.2 Å². The molecule has 1 aromatic heterocycles. The van der Waals surface area contributed by atoms with Gasteiger partial charge in [-0.1, -0.05) is 42.5 Å². The summed E-state index contributed by atoms with van der Waals surface area (Å²) < 4.78 is 5.74. The molecule has 7 heteroatoms. The van der Waals surface area contributed by atoms with E-state index in [4.69, 9.17) is 4.42 Å². The first kappa shape index (κ1) is 19.7. The van der Waals surface area contributed by atoms with Gasteiger partial charge >= 0.3 is 5.97 Å². The third-order valence-electron chi connectivity index (χ3n) is 4.79. The first-order valence-electron chi connectivity index (χ1n) is 9.16. The van der Waals surface area contributed by atoms with Crippen molar-refractivity contribution < 1.29 is 23.9 Å². The first-order chi connectivity index (χ1) is 14.4. The molecule has 150 valence electrons. The lowest BCUT2D eigenvalue weighted by molar-refractivity contribution is -0.123. The van der Waals surface area contributed by atoms with Gasteiger partial charge in [-0.3, -0.25) is 14.5 Å². The second kappa shape index (κ2) is 8.04. The Labute approximate surface area is 176 Å². The summed E-state index contributed by atoms with van der Waals surface area (Å²) in [5, 5.41) is 9.02. The van der Waals surface area contributed by atoms with E-state index < -0.39 is 5.97 Å². The van der Waals surface area contributed by atoms with Gasteiger partial charge in [0, 0.05) is 11.6 Å². The summed E-state index contributed by atoms with van der Waals surface area (Å²) >= 11 is 0.859. The van der Waals surface area contributed by atoms with E-state index in [9.17, 15) is 19.5 Å². The van der Waals surface area contributed by atoms with Gasteiger partial charge < -0.3 is 9.52 Å². The quantitative estimate of drug-likeness (QED) is 0.573. The molecule has 0 atom stereocenters. The molecule has 1 aliphatic rings. The smallest absolute Gasteiger partial charge is 0.336 e. The molecular formula is C23H17NO5S. The van der Waals surface area contributed by atoms with E-state index in [0.29, 0.717) is 17.1 Å². The molecule has 2 aromatic carbocycles. The van der Waals surface area contributed by atoms with Crippen molar-refractivity contribution in [3.8, 4) is 11.3 Å². The van der Waals surface area contributed by atoms with Crippen molar-refractivity contribution in [2.45, 2.75) is 13.5 Å². The second-order valence-corrected chi connectivity index (χ2v) is 7.74. The molecule has 0 saturated carbocycles. The Kier molecular flexibility index (Phi) is 5.29. The van der Waals surface area contributed by atoms with Crippen LogP contribution in [0.3, 0.4) is 0 Å². The molecule has 1 N–H and O–H groups in total. The Hall–Kier alpha value is -3.58. The summed E-state index contributed by atoms with van der Waals surface area (Å²) in [6, 6.07) is 17.4. The number of carbonyl (C=O) groups excluding carboxylic acids is 2. The van der Waals surface area contributed by atoms with Gasteiger partial charge in [-0.2, -0.15) is 0 Å². The maximum atomic E-state index is 12.8. The molecule has 1 aliphatic heterocycles. The number of hydrogen-bond donors (Lipinski definition) is 1. The highest BCUT2D eigenvalue weighted by atomic mass is 32.2. The minimum Gasteiger partial charge on any atom is -0.478 e. The van der Waals surface area contributed by atoms with Crippen molar-refractivity contribution in [1.82, 2.24) is 4.90 Å². The fourth-order valence-electron chi connectivity index (χ4n) is 3.18. The van der Waals surface area contributed by atoms with Crippen molar-refractivity contribution in [3.05, 3.63) is 88.0 Å². The van der Waals surface area contributed by atoms with Crippen molar-refractivity contribution >= 4 is 35.0 Å². The van der Waals surface area contributed by atoms with Gasteiger partial charge in [-0.05, 0) is 48.0 Å². The number of carboxylic acid groups (broad SMARTS) is 1. The van der Waals surface area contributed by atoms with E-state index >= 15 is 0 Å². The number of carboxylic acids is 1. The molecule has 0 spiro atoms. The average Bonchev–Trinajstić information content (AvgIpc) is 3.30. The zero-order chi connectivity index (χ0) is 21.3. The standard InChI is InChI=1S/C23H17NO5S/c1-14-6-2-3-7-15(14)13-24-21(25)20(30-23(24)28)12-16-10-11-19(29-16)17-8-4-5-9-18(17)22(26)27/h2-12H,13H2,1H3,(H,26,27)/b20-12-. The summed E-state index contributed by atoms with van der Waals surface area (Å²) in [5.41, 5.74) is 2.48. The molecular weight excluding hydrogens is 402 g/mol. The Morgan fingerprint density at radius 1 is 1.07 bits per heavy atom. The third-order valence-corrected chi connectivity index (χ3v) is 5.69. The molecule has 0 radical (unpaired) electrons. The van der Waals surface area contributed by atoms with Gasteiger partial charge in [-0.25, -0.2) is 4.79 Å². The first-order valence-corrected chi connectivity index (χ1v) is 9.98. The normalized spacial score (nSPS) is 15.2. The Morgan fingerprint density at radius 3 is 2.57 bits per heavy atom. The molecule has 4 rings (SSSR count). The number of thioether (sulfide) groups is 1. The van der Waals surface area contributed by atoms with Crippen LogP contribution in [-0.2, 0) is 11.3 Å². The summed E-state index contributed by atoms with van der Waals surface area (Å²) in [4.78, 5) is 38.0. The number of imide groups is 1. The Morgan fingerprint density at radius 2 is 1.80 bits per heavy atom. The lowest BCUT2D eigenvalue weighted by atomic mass is 10.1. The molecule has 1 saturated heterocycles. The molecule has 0 bridgehead atoms. The maximum Gasteiger partial charge on any atom is 0.336 e. The number of benzene rings is 2. The summed E-state index contributed by atoms with van der Waals surface area (Å²) in [6.45, 7) is 2.15. The van der Waals surface area contributed by atoms with Crippen LogP contribution in [0.2, 0.25) is 0 Å². The number of hydrogen-bond acceptors (Lipinski definition) is 5. The largest absolute Gasteiger partial charge is 0.478 e. The van der Waals surface area contributed by atoms with Crippen LogP contribution < -0.4 is 0 Å². The van der Waals surface area contributed by atoms with E-state index in [2.05, 4.69) is 0 Å². The fraction of sp³-hybridized carbons (Fsp3) is 0.0870. The summed E-state index contributed by atoms with van der Waals surface area (Å²) in [7, 11) is 0. The summed E-state index contributed by atoms with van der Waals surface area (Å²) in [5.74, 6) is -0.692. The van der Waals surface area contributed by atoms with Gasteiger partial charge in [0.15, 0.2) is 0 Å². The maximum absolute atomic E-state index is 12.8. The van der Waals surface area contributed by atoms with E-state index in [1.165, 1.54) is 17.0 Å². The number of aromatic carboxylic acids is 1. The molecule has 6 nitrogen and oxygen atoms in total. The van der Waals surface area contributed by atoms with Gasteiger partial charge in [0.1, 0.15) is 11.5 Å². The summed E-state index contributed by atoms with van der Waals surface area (Å²) in [6.07, 6.45) is 1.51. The molecule has 2 amide bonds. The number of amides is 2. The number of rotatable bonds is 5. The van der Waals surface area contributed by atoms with Gasteiger partial charge in [0.2, 0.25) is 0 Å². The van der Waals surface area contributed by atoms with Gasteiger partial charge in [0.25, 0.3) is 11.1 Å². The topological polar surface area (TPSA) is 87.8 Å². The van der Waals surface area contributed by atoms with Crippen LogP contribution in [-0.4, -0.2) is 27.1 Å². The van der Waals surface area contributed by atoms with Crippen LogP contribution in [0.15, 0.2) is 70.0 Å². The van der Waals surface area contributed by atoms with Gasteiger partial charge in [0.05, 0.1) is 17.0 Å². The third kappa shape index (κ3) is 3.79. The molecule has 1 fully saturated rings.